The first-order chi connectivity index (χ1) is 8.80. The molecule has 2 N–H and O–H groups in total. The number of benzene rings is 1. The van der Waals surface area contributed by atoms with Crippen LogP contribution in [0.4, 0.5) is 13.2 Å². The molecule has 1 unspecified atom stereocenters. The van der Waals surface area contributed by atoms with Gasteiger partial charge in [-0.2, -0.15) is 13.2 Å². The highest BCUT2D eigenvalue weighted by molar-refractivity contribution is 5.37. The van der Waals surface area contributed by atoms with Crippen molar-refractivity contribution in [2.24, 2.45) is 12.8 Å². The summed E-state index contributed by atoms with van der Waals surface area (Å²) in [6, 6.07) is 3.11. The standard InChI is InChI=1S/C13H14F3N3/c1-8-5-9(13(14,15)16)3-4-10(8)12(17)11-6-18-7-19(11)2/h3-7,12H,17H2,1-2H3. The van der Waals surface area contributed by atoms with Gasteiger partial charge in [-0.1, -0.05) is 6.07 Å². The van der Waals surface area contributed by atoms with E-state index in [9.17, 15) is 13.2 Å². The molecule has 0 bridgehead atoms. The maximum atomic E-state index is 12.6. The molecule has 1 aromatic heterocycles. The highest BCUT2D eigenvalue weighted by Gasteiger charge is 2.31. The van der Waals surface area contributed by atoms with Gasteiger partial charge in [-0.3, -0.25) is 0 Å². The van der Waals surface area contributed by atoms with Crippen LogP contribution in [0.5, 0.6) is 0 Å². The van der Waals surface area contributed by atoms with Crippen molar-refractivity contribution in [1.29, 1.82) is 0 Å². The highest BCUT2D eigenvalue weighted by Crippen LogP contribution is 2.32. The van der Waals surface area contributed by atoms with Crippen LogP contribution in [0.25, 0.3) is 0 Å². The van der Waals surface area contributed by atoms with E-state index in [1.54, 1.807) is 31.1 Å². The number of hydrogen-bond acceptors (Lipinski definition) is 2. The van der Waals surface area contributed by atoms with Gasteiger partial charge >= 0.3 is 6.18 Å². The minimum absolute atomic E-state index is 0.491. The molecule has 2 aromatic rings. The van der Waals surface area contributed by atoms with Gasteiger partial charge in [0, 0.05) is 7.05 Å². The average molecular weight is 269 g/mol. The number of rotatable bonds is 2. The maximum absolute atomic E-state index is 12.6. The van der Waals surface area contributed by atoms with Crippen molar-refractivity contribution in [3.05, 3.63) is 53.1 Å². The number of nitrogens with two attached hydrogens (primary N) is 1. The Hall–Kier alpha value is -1.82. The van der Waals surface area contributed by atoms with Crippen molar-refractivity contribution in [3.63, 3.8) is 0 Å². The van der Waals surface area contributed by atoms with E-state index in [4.69, 9.17) is 5.73 Å². The first-order valence-corrected chi connectivity index (χ1v) is 5.70. The van der Waals surface area contributed by atoms with Crippen molar-refractivity contribution in [1.82, 2.24) is 9.55 Å². The van der Waals surface area contributed by atoms with Gasteiger partial charge in [-0.15, -0.1) is 0 Å². The number of halogens is 3. The average Bonchev–Trinajstić information content (AvgIpc) is 2.73. The summed E-state index contributed by atoms with van der Waals surface area (Å²) in [7, 11) is 1.79. The molecular weight excluding hydrogens is 255 g/mol. The van der Waals surface area contributed by atoms with E-state index in [2.05, 4.69) is 4.98 Å². The van der Waals surface area contributed by atoms with E-state index >= 15 is 0 Å². The SMILES string of the molecule is Cc1cc(C(F)(F)F)ccc1C(N)c1cncn1C. The molecular formula is C13H14F3N3. The van der Waals surface area contributed by atoms with Crippen LogP contribution < -0.4 is 5.73 Å². The summed E-state index contributed by atoms with van der Waals surface area (Å²) in [4.78, 5) is 3.96. The van der Waals surface area contributed by atoms with Crippen LogP contribution in [-0.4, -0.2) is 9.55 Å². The van der Waals surface area contributed by atoms with E-state index in [1.165, 1.54) is 6.07 Å². The van der Waals surface area contributed by atoms with Crippen LogP contribution in [0.1, 0.15) is 28.4 Å². The van der Waals surface area contributed by atoms with Crippen LogP contribution >= 0.6 is 0 Å². The Labute approximate surface area is 108 Å². The summed E-state index contributed by atoms with van der Waals surface area (Å²) in [5.74, 6) is 0. The Kier molecular flexibility index (Phi) is 3.36. The number of imidazole rings is 1. The zero-order valence-corrected chi connectivity index (χ0v) is 10.6. The zero-order chi connectivity index (χ0) is 14.2. The predicted molar refractivity (Wildman–Crippen MR) is 65.4 cm³/mol. The molecule has 0 aliphatic rings. The normalized spacial score (nSPS) is 13.6. The maximum Gasteiger partial charge on any atom is 0.416 e. The molecule has 0 radical (unpaired) electrons. The predicted octanol–water partition coefficient (Wildman–Crippen LogP) is 2.80. The third-order valence-corrected chi connectivity index (χ3v) is 3.10. The smallest absolute Gasteiger partial charge is 0.336 e. The third kappa shape index (κ3) is 2.63. The van der Waals surface area contributed by atoms with Gasteiger partial charge in [0.25, 0.3) is 0 Å². The molecule has 1 heterocycles. The van der Waals surface area contributed by atoms with Crippen molar-refractivity contribution in [2.75, 3.05) is 0 Å². The Balaban J connectivity index is 2.39. The van der Waals surface area contributed by atoms with Gasteiger partial charge in [-0.05, 0) is 30.2 Å². The molecule has 6 heteroatoms. The van der Waals surface area contributed by atoms with Crippen LogP contribution in [-0.2, 0) is 13.2 Å². The monoisotopic (exact) mass is 269 g/mol. The van der Waals surface area contributed by atoms with E-state index in [1.807, 2.05) is 0 Å². The largest absolute Gasteiger partial charge is 0.416 e. The van der Waals surface area contributed by atoms with Gasteiger partial charge in [0.05, 0.1) is 29.8 Å². The van der Waals surface area contributed by atoms with E-state index in [0.717, 1.165) is 17.8 Å². The van der Waals surface area contributed by atoms with Gasteiger partial charge in [0.1, 0.15) is 0 Å². The number of alkyl halides is 3. The van der Waals surface area contributed by atoms with Crippen molar-refractivity contribution < 1.29 is 13.2 Å². The van der Waals surface area contributed by atoms with Crippen LogP contribution in [0, 0.1) is 6.92 Å². The van der Waals surface area contributed by atoms with Gasteiger partial charge in [-0.25, -0.2) is 4.98 Å². The lowest BCUT2D eigenvalue weighted by molar-refractivity contribution is -0.137. The van der Waals surface area contributed by atoms with Gasteiger partial charge in [0.2, 0.25) is 0 Å². The minimum Gasteiger partial charge on any atom is -0.336 e. The summed E-state index contributed by atoms with van der Waals surface area (Å²) in [5, 5.41) is 0. The lowest BCUT2D eigenvalue weighted by Gasteiger charge is -2.17. The molecule has 1 aromatic carbocycles. The summed E-state index contributed by atoms with van der Waals surface area (Å²) in [5.41, 5.74) is 7.35. The quantitative estimate of drug-likeness (QED) is 0.911. The molecule has 3 nitrogen and oxygen atoms in total. The fraction of sp³-hybridized carbons (Fsp3) is 0.308. The van der Waals surface area contributed by atoms with Crippen molar-refractivity contribution in [3.8, 4) is 0 Å². The molecule has 102 valence electrons. The first kappa shape index (κ1) is 13.6. The van der Waals surface area contributed by atoms with E-state index in [-0.39, 0.29) is 0 Å². The van der Waals surface area contributed by atoms with Crippen molar-refractivity contribution >= 4 is 0 Å². The second-order valence-corrected chi connectivity index (χ2v) is 4.48. The molecule has 0 fully saturated rings. The van der Waals surface area contributed by atoms with Crippen molar-refractivity contribution in [2.45, 2.75) is 19.1 Å². The third-order valence-electron chi connectivity index (χ3n) is 3.10. The molecule has 2 rings (SSSR count). The van der Waals surface area contributed by atoms with Gasteiger partial charge < -0.3 is 10.3 Å². The molecule has 19 heavy (non-hydrogen) atoms. The topological polar surface area (TPSA) is 43.8 Å². The summed E-state index contributed by atoms with van der Waals surface area (Å²) < 4.78 is 39.5. The molecule has 0 amide bonds. The number of aromatic nitrogens is 2. The van der Waals surface area contributed by atoms with Crippen LogP contribution in [0.2, 0.25) is 0 Å². The van der Waals surface area contributed by atoms with Gasteiger partial charge in [0.15, 0.2) is 0 Å². The summed E-state index contributed by atoms with van der Waals surface area (Å²) in [6.45, 7) is 1.63. The summed E-state index contributed by atoms with van der Waals surface area (Å²) in [6.07, 6.45) is -1.11. The molecule has 0 saturated carbocycles. The fourth-order valence-electron chi connectivity index (χ4n) is 2.03. The molecule has 0 saturated heterocycles. The molecule has 0 aliphatic heterocycles. The zero-order valence-electron chi connectivity index (χ0n) is 10.6. The molecule has 0 spiro atoms. The Bertz CT molecular complexity index is 587. The second-order valence-electron chi connectivity index (χ2n) is 4.48. The number of nitrogens with zero attached hydrogens (tertiary/aromatic N) is 2. The lowest BCUT2D eigenvalue weighted by Crippen LogP contribution is -2.17. The Morgan fingerprint density at radius 2 is 2.00 bits per heavy atom. The highest BCUT2D eigenvalue weighted by atomic mass is 19.4. The molecule has 0 aliphatic carbocycles. The summed E-state index contributed by atoms with van der Waals surface area (Å²) >= 11 is 0. The number of aryl methyl sites for hydroxylation is 2. The lowest BCUT2D eigenvalue weighted by atomic mass is 9.97. The minimum atomic E-state index is -4.33. The first-order valence-electron chi connectivity index (χ1n) is 5.70. The Morgan fingerprint density at radius 1 is 1.32 bits per heavy atom. The molecule has 1 atom stereocenters. The van der Waals surface area contributed by atoms with E-state index < -0.39 is 17.8 Å². The second kappa shape index (κ2) is 4.70. The number of hydrogen-bond donors (Lipinski definition) is 1. The van der Waals surface area contributed by atoms with E-state index in [0.29, 0.717) is 11.1 Å². The fourth-order valence-corrected chi connectivity index (χ4v) is 2.03. The van der Waals surface area contributed by atoms with Crippen LogP contribution in [0.15, 0.2) is 30.7 Å². The van der Waals surface area contributed by atoms with Crippen LogP contribution in [0.3, 0.4) is 0 Å². The Morgan fingerprint density at radius 3 is 2.47 bits per heavy atom.